The number of anilines is 3. The Morgan fingerprint density at radius 1 is 0.932 bits per heavy atom. The number of nitrogens with one attached hydrogen (secondary N) is 2. The van der Waals surface area contributed by atoms with Gasteiger partial charge in [0.05, 0.1) is 33.7 Å². The van der Waals surface area contributed by atoms with Crippen LogP contribution in [-0.4, -0.2) is 69.2 Å². The second kappa shape index (κ2) is 13.9. The third kappa shape index (κ3) is 6.98. The van der Waals surface area contributed by atoms with Crippen molar-refractivity contribution in [2.24, 2.45) is 0 Å². The highest BCUT2D eigenvalue weighted by molar-refractivity contribution is 7.86. The number of nitrogens with zero attached hydrogens (tertiary/aromatic N) is 4. The molecule has 2 fully saturated rings. The van der Waals surface area contributed by atoms with Gasteiger partial charge in [-0.25, -0.2) is 14.2 Å². The first-order chi connectivity index (χ1) is 21.5. The zero-order valence-electron chi connectivity index (χ0n) is 24.8. The number of methoxy groups -OCH3 is 1. The summed E-state index contributed by atoms with van der Waals surface area (Å²) in [5.41, 5.74) is 2.41. The van der Waals surface area contributed by atoms with Gasteiger partial charge in [-0.05, 0) is 87.7 Å². The van der Waals surface area contributed by atoms with E-state index in [1.54, 1.807) is 43.5 Å². The molecule has 0 spiro atoms. The van der Waals surface area contributed by atoms with Crippen LogP contribution in [0.2, 0.25) is 5.02 Å². The van der Waals surface area contributed by atoms with Gasteiger partial charge in [-0.2, -0.15) is 0 Å². The van der Waals surface area contributed by atoms with E-state index in [4.69, 9.17) is 26.3 Å². The van der Waals surface area contributed by atoms with Gasteiger partial charge in [-0.3, -0.25) is 9.52 Å². The molecule has 6 rings (SSSR count). The summed E-state index contributed by atoms with van der Waals surface area (Å²) in [7, 11) is -0.151. The molecule has 2 aliphatic rings. The Kier molecular flexibility index (Phi) is 9.59. The molecule has 1 amide bonds. The van der Waals surface area contributed by atoms with Crippen LogP contribution in [0.25, 0.3) is 11.0 Å². The number of piperidine rings is 2. The molecule has 3 aromatic carbocycles. The number of likely N-dealkylation sites (tertiary alicyclic amines) is 2. The first kappa shape index (κ1) is 30.3. The van der Waals surface area contributed by atoms with E-state index in [0.29, 0.717) is 43.8 Å². The average Bonchev–Trinajstić information content (AvgIpc) is 3.06. The van der Waals surface area contributed by atoms with Crippen LogP contribution >= 0.6 is 11.6 Å². The summed E-state index contributed by atoms with van der Waals surface area (Å²) < 4.78 is 22.1. The molecule has 2 unspecified atom stereocenters. The van der Waals surface area contributed by atoms with Crippen LogP contribution in [0.3, 0.4) is 0 Å². The number of para-hydroxylation sites is 2. The van der Waals surface area contributed by atoms with E-state index < -0.39 is 11.0 Å². The molecule has 2 aliphatic heterocycles. The summed E-state index contributed by atoms with van der Waals surface area (Å²) in [5.74, 6) is 1.26. The molecule has 0 radical (unpaired) electrons. The summed E-state index contributed by atoms with van der Waals surface area (Å²) in [6.07, 6.45) is 6.91. The van der Waals surface area contributed by atoms with E-state index in [2.05, 4.69) is 14.9 Å². The Morgan fingerprint density at radius 2 is 1.68 bits per heavy atom. The molecular formula is C33H37ClN6O3S. The lowest BCUT2D eigenvalue weighted by Gasteiger charge is -2.39. The molecule has 2 atom stereocenters. The maximum atomic E-state index is 13.8. The standard InChI is InChI=1S/C33H37ClN6O3S/c1-43-25-15-16-27(34)30(21-25)37-31-32(36-29-14-4-3-13-28(29)35-31)38-44(42)26-12-9-10-23(20-26)33(41)40-19-8-5-11-24(40)22-39-17-6-2-7-18-39/h3-4,9-10,12-16,20-21,24H,2,5-8,11,17-19,22H2,1H3,(H,35,37)(H,36,38). The monoisotopic (exact) mass is 632 g/mol. The molecular weight excluding hydrogens is 596 g/mol. The number of fused-ring (bicyclic) bond motifs is 1. The van der Waals surface area contributed by atoms with Crippen molar-refractivity contribution in [1.29, 1.82) is 0 Å². The predicted octanol–water partition coefficient (Wildman–Crippen LogP) is 6.65. The number of ether oxygens (including phenoxy) is 1. The van der Waals surface area contributed by atoms with Crippen molar-refractivity contribution in [3.8, 4) is 5.75 Å². The highest BCUT2D eigenvalue weighted by Crippen LogP contribution is 2.32. The number of hydrogen-bond donors (Lipinski definition) is 2. The second-order valence-electron chi connectivity index (χ2n) is 11.3. The van der Waals surface area contributed by atoms with Crippen molar-refractivity contribution in [3.05, 3.63) is 77.3 Å². The quantitative estimate of drug-likeness (QED) is 0.213. The molecule has 9 nitrogen and oxygen atoms in total. The Morgan fingerprint density at radius 3 is 2.45 bits per heavy atom. The molecule has 1 aromatic heterocycles. The number of aromatic nitrogens is 2. The Hall–Kier alpha value is -3.73. The van der Waals surface area contributed by atoms with E-state index in [1.807, 2.05) is 35.2 Å². The van der Waals surface area contributed by atoms with Gasteiger partial charge in [0.15, 0.2) is 22.6 Å². The van der Waals surface area contributed by atoms with Crippen LogP contribution in [-0.2, 0) is 11.0 Å². The number of carbonyl (C=O) groups excluding carboxylic acids is 1. The van der Waals surface area contributed by atoms with Gasteiger partial charge in [-0.1, -0.05) is 36.2 Å². The van der Waals surface area contributed by atoms with E-state index in [1.165, 1.54) is 19.3 Å². The van der Waals surface area contributed by atoms with Gasteiger partial charge < -0.3 is 19.9 Å². The fourth-order valence-corrected chi connectivity index (χ4v) is 7.00. The van der Waals surface area contributed by atoms with Gasteiger partial charge in [0, 0.05) is 30.8 Å². The van der Waals surface area contributed by atoms with Crippen molar-refractivity contribution in [2.75, 3.05) is 43.3 Å². The topological polar surface area (TPSA) is 99.7 Å². The lowest BCUT2D eigenvalue weighted by Crippen LogP contribution is -2.50. The molecule has 2 N–H and O–H groups in total. The summed E-state index contributed by atoms with van der Waals surface area (Å²) >= 11 is 6.47. The maximum Gasteiger partial charge on any atom is 0.254 e. The van der Waals surface area contributed by atoms with Gasteiger partial charge in [0.2, 0.25) is 0 Å². The zero-order valence-corrected chi connectivity index (χ0v) is 26.4. The van der Waals surface area contributed by atoms with Crippen LogP contribution in [0.5, 0.6) is 5.75 Å². The molecule has 0 bridgehead atoms. The predicted molar refractivity (Wildman–Crippen MR) is 176 cm³/mol. The number of rotatable bonds is 9. The average molecular weight is 633 g/mol. The molecule has 0 aliphatic carbocycles. The van der Waals surface area contributed by atoms with Gasteiger partial charge >= 0.3 is 0 Å². The number of halogens is 1. The second-order valence-corrected chi connectivity index (χ2v) is 12.9. The molecule has 44 heavy (non-hydrogen) atoms. The SMILES string of the molecule is COc1ccc(Cl)c(Nc2nc3ccccc3nc2NS(=O)c2cccc(C(=O)N3CCCCC3CN3CCCCC3)c2)c1. The molecule has 11 heteroatoms. The van der Waals surface area contributed by atoms with Gasteiger partial charge in [-0.15, -0.1) is 0 Å². The first-order valence-corrected chi connectivity index (χ1v) is 16.7. The highest BCUT2D eigenvalue weighted by atomic mass is 35.5. The molecule has 0 saturated carbocycles. The summed E-state index contributed by atoms with van der Waals surface area (Å²) in [5, 5.41) is 3.70. The normalized spacial score (nSPS) is 18.1. The minimum Gasteiger partial charge on any atom is -0.497 e. The zero-order chi connectivity index (χ0) is 30.5. The number of benzene rings is 3. The summed E-state index contributed by atoms with van der Waals surface area (Å²) in [6.45, 7) is 3.89. The minimum absolute atomic E-state index is 0.00826. The van der Waals surface area contributed by atoms with E-state index in [0.717, 1.165) is 45.4 Å². The first-order valence-electron chi connectivity index (χ1n) is 15.2. The fourth-order valence-electron chi connectivity index (χ4n) is 5.97. The maximum absolute atomic E-state index is 13.8. The van der Waals surface area contributed by atoms with Crippen LogP contribution < -0.4 is 14.8 Å². The molecule has 4 aromatic rings. The van der Waals surface area contributed by atoms with Crippen molar-refractivity contribution in [2.45, 2.75) is 49.5 Å². The fraction of sp³-hybridized carbons (Fsp3) is 0.364. The minimum atomic E-state index is -1.73. The van der Waals surface area contributed by atoms with Crippen molar-refractivity contribution < 1.29 is 13.7 Å². The lowest BCUT2D eigenvalue weighted by atomic mass is 9.99. The van der Waals surface area contributed by atoms with Crippen molar-refractivity contribution >= 4 is 56.9 Å². The van der Waals surface area contributed by atoms with E-state index in [9.17, 15) is 9.00 Å². The molecule has 230 valence electrons. The van der Waals surface area contributed by atoms with Crippen LogP contribution in [0.1, 0.15) is 48.9 Å². The van der Waals surface area contributed by atoms with Crippen LogP contribution in [0, 0.1) is 0 Å². The Bertz CT molecular complexity index is 1660. The summed E-state index contributed by atoms with van der Waals surface area (Å²) in [4.78, 5) is 28.3. The Balaban J connectivity index is 1.24. The molecule has 3 heterocycles. The molecule has 2 saturated heterocycles. The number of carbonyl (C=O) groups is 1. The van der Waals surface area contributed by atoms with Crippen LogP contribution in [0.4, 0.5) is 17.3 Å². The largest absolute Gasteiger partial charge is 0.497 e. The van der Waals surface area contributed by atoms with E-state index in [-0.39, 0.29) is 17.8 Å². The summed E-state index contributed by atoms with van der Waals surface area (Å²) in [6, 6.07) is 20.0. The van der Waals surface area contributed by atoms with Crippen molar-refractivity contribution in [1.82, 2.24) is 19.8 Å². The number of amides is 1. The lowest BCUT2D eigenvalue weighted by molar-refractivity contribution is 0.0528. The highest BCUT2D eigenvalue weighted by Gasteiger charge is 2.29. The van der Waals surface area contributed by atoms with Gasteiger partial charge in [0.1, 0.15) is 5.75 Å². The smallest absolute Gasteiger partial charge is 0.254 e. The third-order valence-corrected chi connectivity index (χ3v) is 9.68. The Labute approximate surface area is 265 Å². The number of hydrogen-bond acceptors (Lipinski definition) is 7. The van der Waals surface area contributed by atoms with Gasteiger partial charge in [0.25, 0.3) is 5.91 Å². The van der Waals surface area contributed by atoms with Crippen molar-refractivity contribution in [3.63, 3.8) is 0 Å². The van der Waals surface area contributed by atoms with E-state index >= 15 is 0 Å². The van der Waals surface area contributed by atoms with Crippen LogP contribution in [0.15, 0.2) is 71.6 Å². The third-order valence-electron chi connectivity index (χ3n) is 8.29.